The molecule has 0 saturated heterocycles. The molecule has 1 atom stereocenters. The lowest BCUT2D eigenvalue weighted by Gasteiger charge is -2.16. The molecule has 0 aliphatic heterocycles. The summed E-state index contributed by atoms with van der Waals surface area (Å²) in [6.07, 6.45) is -3.25. The standard InChI is InChI=1S/C11H15F3N2O2/c1-4-7(3)16-9(11(12,13)14)8(6-15-16)10(17)18-5-2/h6-7H,4-5H2,1-3H3. The molecule has 0 bridgehead atoms. The highest BCUT2D eigenvalue weighted by molar-refractivity contribution is 5.90. The van der Waals surface area contributed by atoms with Crippen molar-refractivity contribution in [3.05, 3.63) is 17.5 Å². The predicted molar refractivity (Wildman–Crippen MR) is 58.2 cm³/mol. The van der Waals surface area contributed by atoms with Gasteiger partial charge in [0.1, 0.15) is 5.56 Å². The van der Waals surface area contributed by atoms with E-state index in [2.05, 4.69) is 9.84 Å². The fourth-order valence-electron chi connectivity index (χ4n) is 1.51. The van der Waals surface area contributed by atoms with Gasteiger partial charge in [0, 0.05) is 6.04 Å². The van der Waals surface area contributed by atoms with E-state index in [9.17, 15) is 18.0 Å². The van der Waals surface area contributed by atoms with E-state index in [-0.39, 0.29) is 6.61 Å². The third-order valence-corrected chi connectivity index (χ3v) is 2.57. The minimum atomic E-state index is -4.64. The summed E-state index contributed by atoms with van der Waals surface area (Å²) in [6.45, 7) is 4.91. The molecule has 1 rings (SSSR count). The lowest BCUT2D eigenvalue weighted by molar-refractivity contribution is -0.145. The molecule has 102 valence electrons. The van der Waals surface area contributed by atoms with Crippen LogP contribution in [0.1, 0.15) is 49.3 Å². The van der Waals surface area contributed by atoms with Crippen LogP contribution in [0, 0.1) is 0 Å². The molecule has 1 heterocycles. The van der Waals surface area contributed by atoms with Crippen LogP contribution in [0.2, 0.25) is 0 Å². The van der Waals surface area contributed by atoms with Crippen molar-refractivity contribution in [2.45, 2.75) is 39.4 Å². The van der Waals surface area contributed by atoms with Gasteiger partial charge in [-0.25, -0.2) is 4.79 Å². The summed E-state index contributed by atoms with van der Waals surface area (Å²) in [7, 11) is 0. The Morgan fingerprint density at radius 1 is 1.50 bits per heavy atom. The maximum Gasteiger partial charge on any atom is 0.433 e. The highest BCUT2D eigenvalue weighted by atomic mass is 19.4. The fourth-order valence-corrected chi connectivity index (χ4v) is 1.51. The zero-order valence-electron chi connectivity index (χ0n) is 10.4. The van der Waals surface area contributed by atoms with Crippen molar-refractivity contribution in [1.82, 2.24) is 9.78 Å². The van der Waals surface area contributed by atoms with Crippen molar-refractivity contribution in [2.24, 2.45) is 0 Å². The van der Waals surface area contributed by atoms with Crippen molar-refractivity contribution >= 4 is 5.97 Å². The zero-order chi connectivity index (χ0) is 13.9. The Morgan fingerprint density at radius 3 is 2.56 bits per heavy atom. The average Bonchev–Trinajstić information content (AvgIpc) is 2.72. The van der Waals surface area contributed by atoms with Crippen LogP contribution in [-0.2, 0) is 10.9 Å². The molecule has 0 aliphatic rings. The van der Waals surface area contributed by atoms with Crippen LogP contribution in [0.3, 0.4) is 0 Å². The monoisotopic (exact) mass is 264 g/mol. The normalized spacial score (nSPS) is 13.4. The lowest BCUT2D eigenvalue weighted by Crippen LogP contribution is -2.21. The number of nitrogens with zero attached hydrogens (tertiary/aromatic N) is 2. The Balaban J connectivity index is 3.29. The fraction of sp³-hybridized carbons (Fsp3) is 0.636. The number of aromatic nitrogens is 2. The number of carbonyl (C=O) groups excluding carboxylic acids is 1. The number of esters is 1. The van der Waals surface area contributed by atoms with Crippen molar-refractivity contribution < 1.29 is 22.7 Å². The molecular formula is C11H15F3N2O2. The second kappa shape index (κ2) is 5.41. The average molecular weight is 264 g/mol. The van der Waals surface area contributed by atoms with Crippen LogP contribution in [0.25, 0.3) is 0 Å². The molecule has 0 spiro atoms. The third kappa shape index (κ3) is 2.83. The summed E-state index contributed by atoms with van der Waals surface area (Å²) in [4.78, 5) is 11.5. The number of carbonyl (C=O) groups is 1. The van der Waals surface area contributed by atoms with E-state index in [0.29, 0.717) is 6.42 Å². The molecule has 0 aromatic carbocycles. The van der Waals surface area contributed by atoms with Crippen molar-refractivity contribution in [2.75, 3.05) is 6.61 Å². The molecule has 0 saturated carbocycles. The second-order valence-corrected chi connectivity index (χ2v) is 3.83. The third-order valence-electron chi connectivity index (χ3n) is 2.57. The number of hydrogen-bond acceptors (Lipinski definition) is 3. The summed E-state index contributed by atoms with van der Waals surface area (Å²) in [5.41, 5.74) is -1.58. The Bertz CT molecular complexity index is 426. The lowest BCUT2D eigenvalue weighted by atomic mass is 10.2. The van der Waals surface area contributed by atoms with E-state index >= 15 is 0 Å². The first-order chi connectivity index (χ1) is 8.32. The topological polar surface area (TPSA) is 44.1 Å². The summed E-state index contributed by atoms with van der Waals surface area (Å²) < 4.78 is 44.3. The quantitative estimate of drug-likeness (QED) is 0.785. The van der Waals surface area contributed by atoms with Crippen LogP contribution in [0.4, 0.5) is 13.2 Å². The molecule has 4 nitrogen and oxygen atoms in total. The smallest absolute Gasteiger partial charge is 0.433 e. The molecule has 7 heteroatoms. The van der Waals surface area contributed by atoms with Crippen LogP contribution in [-0.4, -0.2) is 22.4 Å². The van der Waals surface area contributed by atoms with Gasteiger partial charge >= 0.3 is 12.1 Å². The maximum atomic E-state index is 13.0. The number of halogens is 3. The SMILES string of the molecule is CCOC(=O)c1cnn(C(C)CC)c1C(F)(F)F. The number of rotatable bonds is 4. The van der Waals surface area contributed by atoms with E-state index in [1.165, 1.54) is 6.92 Å². The van der Waals surface area contributed by atoms with E-state index in [0.717, 1.165) is 10.9 Å². The molecule has 0 amide bonds. The molecule has 18 heavy (non-hydrogen) atoms. The molecule has 0 N–H and O–H groups in total. The van der Waals surface area contributed by atoms with E-state index in [4.69, 9.17) is 0 Å². The molecule has 1 aromatic rings. The van der Waals surface area contributed by atoms with Crippen molar-refractivity contribution in [3.63, 3.8) is 0 Å². The van der Waals surface area contributed by atoms with Gasteiger partial charge < -0.3 is 4.74 Å². The minimum absolute atomic E-state index is 0.0185. The summed E-state index contributed by atoms with van der Waals surface area (Å²) in [5, 5.41) is 3.65. The molecule has 0 radical (unpaired) electrons. The summed E-state index contributed by atoms with van der Waals surface area (Å²) in [6, 6.07) is -0.440. The summed E-state index contributed by atoms with van der Waals surface area (Å²) in [5.74, 6) is -1.00. The van der Waals surface area contributed by atoms with E-state index in [1.807, 2.05) is 0 Å². The van der Waals surface area contributed by atoms with Crippen LogP contribution < -0.4 is 0 Å². The van der Waals surface area contributed by atoms with Gasteiger partial charge in [-0.3, -0.25) is 4.68 Å². The summed E-state index contributed by atoms with van der Waals surface area (Å²) >= 11 is 0. The van der Waals surface area contributed by atoms with Gasteiger partial charge in [-0.1, -0.05) is 6.92 Å². The molecular weight excluding hydrogens is 249 g/mol. The van der Waals surface area contributed by atoms with Gasteiger partial charge in [0.25, 0.3) is 0 Å². The number of ether oxygens (including phenoxy) is 1. The van der Waals surface area contributed by atoms with Crippen molar-refractivity contribution in [1.29, 1.82) is 0 Å². The zero-order valence-corrected chi connectivity index (χ0v) is 10.4. The number of hydrogen-bond donors (Lipinski definition) is 0. The Morgan fingerprint density at radius 2 is 2.11 bits per heavy atom. The molecule has 1 aromatic heterocycles. The number of alkyl halides is 3. The molecule has 0 fully saturated rings. The van der Waals surface area contributed by atoms with Crippen molar-refractivity contribution in [3.8, 4) is 0 Å². The van der Waals surface area contributed by atoms with E-state index in [1.54, 1.807) is 13.8 Å². The van der Waals surface area contributed by atoms with Gasteiger partial charge in [0.15, 0.2) is 5.69 Å². The van der Waals surface area contributed by atoms with Gasteiger partial charge in [-0.2, -0.15) is 18.3 Å². The van der Waals surface area contributed by atoms with Crippen LogP contribution in [0.5, 0.6) is 0 Å². The Hall–Kier alpha value is -1.53. The first-order valence-electron chi connectivity index (χ1n) is 5.64. The highest BCUT2D eigenvalue weighted by Crippen LogP contribution is 2.34. The van der Waals surface area contributed by atoms with Gasteiger partial charge in [0.2, 0.25) is 0 Å². The maximum absolute atomic E-state index is 13.0. The Labute approximate surface area is 103 Å². The van der Waals surface area contributed by atoms with Crippen LogP contribution >= 0.6 is 0 Å². The Kier molecular flexibility index (Phi) is 4.37. The first-order valence-corrected chi connectivity index (χ1v) is 5.64. The molecule has 1 unspecified atom stereocenters. The molecule has 0 aliphatic carbocycles. The van der Waals surface area contributed by atoms with E-state index < -0.39 is 29.4 Å². The first kappa shape index (κ1) is 14.5. The second-order valence-electron chi connectivity index (χ2n) is 3.83. The van der Waals surface area contributed by atoms with Gasteiger partial charge in [-0.05, 0) is 20.3 Å². The minimum Gasteiger partial charge on any atom is -0.462 e. The highest BCUT2D eigenvalue weighted by Gasteiger charge is 2.41. The largest absolute Gasteiger partial charge is 0.462 e. The predicted octanol–water partition coefficient (Wildman–Crippen LogP) is 3.05. The van der Waals surface area contributed by atoms with Crippen LogP contribution in [0.15, 0.2) is 6.20 Å². The van der Waals surface area contributed by atoms with Gasteiger partial charge in [0.05, 0.1) is 12.8 Å². The van der Waals surface area contributed by atoms with Gasteiger partial charge in [-0.15, -0.1) is 0 Å².